The Kier molecular flexibility index (Phi) is 3.26. The highest BCUT2D eigenvalue weighted by Gasteiger charge is 2.14. The van der Waals surface area contributed by atoms with Crippen LogP contribution in [0.25, 0.3) is 0 Å². The Bertz CT molecular complexity index is 570. The number of halogens is 2. The smallest absolute Gasteiger partial charge is 0.254 e. The molecule has 1 aromatic heterocycles. The topological polar surface area (TPSA) is 83.6 Å². The molecule has 8 heteroatoms. The van der Waals surface area contributed by atoms with Gasteiger partial charge in [-0.05, 0) is 18.6 Å². The molecular formula is C10H9F2N5O. The third-order valence-electron chi connectivity index (χ3n) is 2.29. The number of H-pyrrole nitrogens is 1. The molecule has 0 saturated heterocycles. The number of nitrogens with zero attached hydrogens (tertiary/aromatic N) is 3. The number of amides is 1. The van der Waals surface area contributed by atoms with Gasteiger partial charge in [0.2, 0.25) is 0 Å². The van der Waals surface area contributed by atoms with E-state index in [1.165, 1.54) is 6.92 Å². The van der Waals surface area contributed by atoms with Gasteiger partial charge in [-0.2, -0.15) is 5.21 Å². The molecule has 0 spiro atoms. The zero-order chi connectivity index (χ0) is 13.1. The van der Waals surface area contributed by atoms with Crippen LogP contribution in [0.4, 0.5) is 8.78 Å². The number of carbonyl (C=O) groups is 1. The zero-order valence-electron chi connectivity index (χ0n) is 9.37. The predicted octanol–water partition coefficient (Wildman–Crippen LogP) is 0.716. The van der Waals surface area contributed by atoms with E-state index in [1.54, 1.807) is 0 Å². The van der Waals surface area contributed by atoms with Crippen LogP contribution in [-0.4, -0.2) is 26.5 Å². The summed E-state index contributed by atoms with van der Waals surface area (Å²) in [6, 6.07) is 1.83. The summed E-state index contributed by atoms with van der Waals surface area (Å²) in [5.74, 6) is -2.01. The first-order valence-electron chi connectivity index (χ1n) is 5.04. The van der Waals surface area contributed by atoms with E-state index in [0.717, 1.165) is 6.07 Å². The molecule has 1 heterocycles. The molecule has 1 amide bonds. The monoisotopic (exact) mass is 253 g/mol. The maximum absolute atomic E-state index is 13.4. The van der Waals surface area contributed by atoms with Crippen LogP contribution in [0.15, 0.2) is 12.1 Å². The van der Waals surface area contributed by atoms with Crippen molar-refractivity contribution in [1.82, 2.24) is 25.9 Å². The molecule has 6 nitrogen and oxygen atoms in total. The maximum atomic E-state index is 13.4. The number of aryl methyl sites for hydroxylation is 1. The van der Waals surface area contributed by atoms with E-state index in [9.17, 15) is 13.6 Å². The van der Waals surface area contributed by atoms with Gasteiger partial charge in [-0.1, -0.05) is 5.21 Å². The molecule has 0 atom stereocenters. The second kappa shape index (κ2) is 4.86. The number of aromatic amines is 1. The highest BCUT2D eigenvalue weighted by molar-refractivity contribution is 5.94. The van der Waals surface area contributed by atoms with Gasteiger partial charge in [-0.15, -0.1) is 10.2 Å². The van der Waals surface area contributed by atoms with Gasteiger partial charge < -0.3 is 5.32 Å². The molecule has 0 unspecified atom stereocenters. The van der Waals surface area contributed by atoms with Crippen molar-refractivity contribution in [3.05, 3.63) is 40.7 Å². The minimum absolute atomic E-state index is 0.00516. The molecule has 0 aliphatic rings. The molecule has 18 heavy (non-hydrogen) atoms. The van der Waals surface area contributed by atoms with Gasteiger partial charge in [-0.3, -0.25) is 4.79 Å². The molecule has 2 aromatic rings. The number of carbonyl (C=O) groups excluding carboxylic acids is 1. The normalized spacial score (nSPS) is 10.4. The van der Waals surface area contributed by atoms with Crippen molar-refractivity contribution in [2.75, 3.05) is 0 Å². The Labute approximate surface area is 100 Å². The van der Waals surface area contributed by atoms with E-state index in [2.05, 4.69) is 25.9 Å². The first-order chi connectivity index (χ1) is 8.58. The third kappa shape index (κ3) is 2.47. The SMILES string of the molecule is Cc1cc(C(=O)NCc2nn[nH]n2)c(F)cc1F. The minimum atomic E-state index is -0.913. The molecule has 0 aliphatic carbocycles. The van der Waals surface area contributed by atoms with Crippen LogP contribution >= 0.6 is 0 Å². The first kappa shape index (κ1) is 12.1. The Hall–Kier alpha value is -2.38. The quantitative estimate of drug-likeness (QED) is 0.844. The standard InChI is InChI=1S/C10H9F2N5O/c1-5-2-6(8(12)3-7(5)11)10(18)13-4-9-14-16-17-15-9/h2-3H,4H2,1H3,(H,13,18)(H,14,15,16,17). The maximum Gasteiger partial charge on any atom is 0.254 e. The number of hydrogen-bond acceptors (Lipinski definition) is 4. The molecular weight excluding hydrogens is 244 g/mol. The molecule has 0 fully saturated rings. The number of hydrogen-bond donors (Lipinski definition) is 2. The lowest BCUT2D eigenvalue weighted by Gasteiger charge is -2.05. The number of aromatic nitrogens is 4. The molecule has 2 rings (SSSR count). The summed E-state index contributed by atoms with van der Waals surface area (Å²) in [6.07, 6.45) is 0. The fourth-order valence-electron chi connectivity index (χ4n) is 1.34. The first-order valence-corrected chi connectivity index (χ1v) is 5.04. The summed E-state index contributed by atoms with van der Waals surface area (Å²) in [4.78, 5) is 11.7. The molecule has 0 radical (unpaired) electrons. The van der Waals surface area contributed by atoms with E-state index in [-0.39, 0.29) is 23.5 Å². The third-order valence-corrected chi connectivity index (χ3v) is 2.29. The van der Waals surface area contributed by atoms with Crippen molar-refractivity contribution in [2.45, 2.75) is 13.5 Å². The predicted molar refractivity (Wildman–Crippen MR) is 56.4 cm³/mol. The van der Waals surface area contributed by atoms with Gasteiger partial charge in [0.1, 0.15) is 11.6 Å². The van der Waals surface area contributed by atoms with Crippen LogP contribution in [-0.2, 0) is 6.54 Å². The van der Waals surface area contributed by atoms with Gasteiger partial charge in [-0.25, -0.2) is 8.78 Å². The van der Waals surface area contributed by atoms with Crippen LogP contribution in [0.5, 0.6) is 0 Å². The van der Waals surface area contributed by atoms with Crippen molar-refractivity contribution in [3.63, 3.8) is 0 Å². The molecule has 0 aliphatic heterocycles. The van der Waals surface area contributed by atoms with Crippen LogP contribution in [0.3, 0.4) is 0 Å². The highest BCUT2D eigenvalue weighted by Crippen LogP contribution is 2.14. The number of tetrazole rings is 1. The van der Waals surface area contributed by atoms with Crippen LogP contribution in [0.1, 0.15) is 21.7 Å². The number of rotatable bonds is 3. The Balaban J connectivity index is 2.11. The lowest BCUT2D eigenvalue weighted by atomic mass is 10.1. The van der Waals surface area contributed by atoms with Gasteiger partial charge >= 0.3 is 0 Å². The van der Waals surface area contributed by atoms with Crippen LogP contribution in [0.2, 0.25) is 0 Å². The zero-order valence-corrected chi connectivity index (χ0v) is 9.37. The largest absolute Gasteiger partial charge is 0.344 e. The van der Waals surface area contributed by atoms with E-state index in [1.807, 2.05) is 0 Å². The second-order valence-corrected chi connectivity index (χ2v) is 3.59. The molecule has 0 saturated carbocycles. The fraction of sp³-hybridized carbons (Fsp3) is 0.200. The average Bonchev–Trinajstić information content (AvgIpc) is 2.84. The van der Waals surface area contributed by atoms with E-state index < -0.39 is 17.5 Å². The van der Waals surface area contributed by atoms with E-state index in [0.29, 0.717) is 6.07 Å². The summed E-state index contributed by atoms with van der Waals surface area (Å²) in [6.45, 7) is 1.45. The molecule has 0 bridgehead atoms. The second-order valence-electron chi connectivity index (χ2n) is 3.59. The number of nitrogens with one attached hydrogen (secondary N) is 2. The highest BCUT2D eigenvalue weighted by atomic mass is 19.1. The van der Waals surface area contributed by atoms with E-state index in [4.69, 9.17) is 0 Å². The van der Waals surface area contributed by atoms with Crippen LogP contribution < -0.4 is 5.32 Å². The van der Waals surface area contributed by atoms with Crippen molar-refractivity contribution >= 4 is 5.91 Å². The summed E-state index contributed by atoms with van der Waals surface area (Å²) in [5, 5.41) is 15.2. The Morgan fingerprint density at radius 2 is 2.17 bits per heavy atom. The molecule has 1 aromatic carbocycles. The summed E-state index contributed by atoms with van der Waals surface area (Å²) in [7, 11) is 0. The number of benzene rings is 1. The van der Waals surface area contributed by atoms with Gasteiger partial charge in [0.25, 0.3) is 5.91 Å². The van der Waals surface area contributed by atoms with Crippen molar-refractivity contribution in [1.29, 1.82) is 0 Å². The van der Waals surface area contributed by atoms with Gasteiger partial charge in [0, 0.05) is 6.07 Å². The van der Waals surface area contributed by atoms with Gasteiger partial charge in [0.05, 0.1) is 12.1 Å². The molecule has 2 N–H and O–H groups in total. The Morgan fingerprint density at radius 1 is 1.39 bits per heavy atom. The van der Waals surface area contributed by atoms with Crippen molar-refractivity contribution in [3.8, 4) is 0 Å². The average molecular weight is 253 g/mol. The van der Waals surface area contributed by atoms with Crippen molar-refractivity contribution < 1.29 is 13.6 Å². The lowest BCUT2D eigenvalue weighted by molar-refractivity contribution is 0.0945. The van der Waals surface area contributed by atoms with Gasteiger partial charge in [0.15, 0.2) is 5.82 Å². The minimum Gasteiger partial charge on any atom is -0.344 e. The van der Waals surface area contributed by atoms with Crippen molar-refractivity contribution in [2.24, 2.45) is 0 Å². The fourth-order valence-corrected chi connectivity index (χ4v) is 1.34. The summed E-state index contributed by atoms with van der Waals surface area (Å²) in [5.41, 5.74) is -0.0292. The van der Waals surface area contributed by atoms with Crippen LogP contribution in [0, 0.1) is 18.6 Å². The summed E-state index contributed by atoms with van der Waals surface area (Å²) < 4.78 is 26.4. The molecule has 94 valence electrons. The Morgan fingerprint density at radius 3 is 2.83 bits per heavy atom. The summed E-state index contributed by atoms with van der Waals surface area (Å²) >= 11 is 0. The van der Waals surface area contributed by atoms with E-state index >= 15 is 0 Å². The lowest BCUT2D eigenvalue weighted by Crippen LogP contribution is -2.24.